The van der Waals surface area contributed by atoms with Crippen LogP contribution in [0.5, 0.6) is 0 Å². The number of nitrogen functional groups attached to an aromatic ring is 1. The van der Waals surface area contributed by atoms with Crippen molar-refractivity contribution in [1.82, 2.24) is 9.97 Å². The fourth-order valence-corrected chi connectivity index (χ4v) is 2.52. The first-order valence-electron chi connectivity index (χ1n) is 7.86. The zero-order valence-electron chi connectivity index (χ0n) is 13.2. The Bertz CT molecular complexity index is 528. The van der Waals surface area contributed by atoms with Crippen LogP contribution in [0, 0.1) is 10.1 Å². The van der Waals surface area contributed by atoms with Crippen LogP contribution in [-0.2, 0) is 0 Å². The summed E-state index contributed by atoms with van der Waals surface area (Å²) in [4.78, 5) is 21.3. The van der Waals surface area contributed by atoms with Crippen LogP contribution in [0.4, 0.5) is 23.3 Å². The molecule has 2 heterocycles. The summed E-state index contributed by atoms with van der Waals surface area (Å²) in [6, 6.07) is 0.179. The van der Waals surface area contributed by atoms with Gasteiger partial charge >= 0.3 is 5.69 Å². The number of nitrogens with two attached hydrogens (primary N) is 1. The number of anilines is 3. The molecule has 0 bridgehead atoms. The van der Waals surface area contributed by atoms with Gasteiger partial charge in [-0.3, -0.25) is 10.1 Å². The van der Waals surface area contributed by atoms with Gasteiger partial charge in [-0.05, 0) is 26.2 Å². The highest BCUT2D eigenvalue weighted by atomic mass is 16.6. The summed E-state index contributed by atoms with van der Waals surface area (Å²) < 4.78 is 0. The molecular weight excluding hydrogens is 284 g/mol. The van der Waals surface area contributed by atoms with E-state index in [9.17, 15) is 10.1 Å². The Labute approximate surface area is 130 Å². The van der Waals surface area contributed by atoms with E-state index >= 15 is 0 Å². The molecule has 1 fully saturated rings. The summed E-state index contributed by atoms with van der Waals surface area (Å²) in [6.45, 7) is 5.58. The van der Waals surface area contributed by atoms with Gasteiger partial charge in [-0.2, -0.15) is 9.97 Å². The molecule has 0 unspecified atom stereocenters. The summed E-state index contributed by atoms with van der Waals surface area (Å²) in [5.74, 6) is 0.618. The SMILES string of the molecule is CC[C@H](C)Nc1nc(N)c([N+](=O)[O-])c(N2CCCCCC2)n1. The first kappa shape index (κ1) is 16.3. The van der Waals surface area contributed by atoms with Gasteiger partial charge in [0.15, 0.2) is 0 Å². The molecule has 0 radical (unpaired) electrons. The number of nitrogens with one attached hydrogen (secondary N) is 1. The van der Waals surface area contributed by atoms with Gasteiger partial charge in [-0.15, -0.1) is 0 Å². The van der Waals surface area contributed by atoms with Crippen molar-refractivity contribution in [3.8, 4) is 0 Å². The Hall–Kier alpha value is -2.12. The average Bonchev–Trinajstić information content (AvgIpc) is 2.74. The van der Waals surface area contributed by atoms with E-state index in [0.717, 1.165) is 45.2 Å². The topological polar surface area (TPSA) is 110 Å². The number of hydrogen-bond acceptors (Lipinski definition) is 7. The zero-order valence-corrected chi connectivity index (χ0v) is 13.2. The highest BCUT2D eigenvalue weighted by molar-refractivity contribution is 5.71. The molecule has 2 rings (SSSR count). The van der Waals surface area contributed by atoms with Gasteiger partial charge < -0.3 is 16.0 Å². The van der Waals surface area contributed by atoms with E-state index in [2.05, 4.69) is 15.3 Å². The van der Waals surface area contributed by atoms with Gasteiger partial charge in [0.2, 0.25) is 17.6 Å². The summed E-state index contributed by atoms with van der Waals surface area (Å²) in [7, 11) is 0. The van der Waals surface area contributed by atoms with Crippen LogP contribution in [0.25, 0.3) is 0 Å². The minimum atomic E-state index is -0.484. The monoisotopic (exact) mass is 308 g/mol. The predicted octanol–water partition coefficient (Wildman–Crippen LogP) is 2.56. The second-order valence-corrected chi connectivity index (χ2v) is 5.72. The maximum Gasteiger partial charge on any atom is 0.353 e. The quantitative estimate of drug-likeness (QED) is 0.635. The van der Waals surface area contributed by atoms with Crippen molar-refractivity contribution in [2.75, 3.05) is 29.0 Å². The van der Waals surface area contributed by atoms with Gasteiger partial charge in [0.25, 0.3) is 0 Å². The summed E-state index contributed by atoms with van der Waals surface area (Å²) in [6.07, 6.45) is 5.20. The van der Waals surface area contributed by atoms with Crippen LogP contribution < -0.4 is 16.0 Å². The van der Waals surface area contributed by atoms with Crippen LogP contribution in [0.1, 0.15) is 46.0 Å². The first-order chi connectivity index (χ1) is 10.5. The highest BCUT2D eigenvalue weighted by Crippen LogP contribution is 2.33. The largest absolute Gasteiger partial charge is 0.378 e. The molecule has 0 aromatic carbocycles. The van der Waals surface area contributed by atoms with Crippen LogP contribution in [0.3, 0.4) is 0 Å². The maximum atomic E-state index is 11.4. The van der Waals surface area contributed by atoms with Gasteiger partial charge in [0, 0.05) is 19.1 Å². The smallest absolute Gasteiger partial charge is 0.353 e. The zero-order chi connectivity index (χ0) is 16.1. The Morgan fingerprint density at radius 2 is 1.95 bits per heavy atom. The molecule has 0 spiro atoms. The van der Waals surface area contributed by atoms with Gasteiger partial charge in [-0.1, -0.05) is 19.8 Å². The number of nitro groups is 1. The van der Waals surface area contributed by atoms with Gasteiger partial charge in [0.1, 0.15) is 0 Å². The second-order valence-electron chi connectivity index (χ2n) is 5.72. The van der Waals surface area contributed by atoms with Crippen LogP contribution in [-0.4, -0.2) is 34.0 Å². The molecule has 0 amide bonds. The summed E-state index contributed by atoms with van der Waals surface area (Å²) >= 11 is 0. The normalized spacial score (nSPS) is 16.9. The lowest BCUT2D eigenvalue weighted by Gasteiger charge is -2.22. The van der Waals surface area contributed by atoms with Crippen molar-refractivity contribution in [3.63, 3.8) is 0 Å². The molecular formula is C14H24N6O2. The third-order valence-electron chi connectivity index (χ3n) is 3.97. The maximum absolute atomic E-state index is 11.4. The number of hydrogen-bond donors (Lipinski definition) is 2. The lowest BCUT2D eigenvalue weighted by Crippen LogP contribution is -2.27. The van der Waals surface area contributed by atoms with E-state index in [1.165, 1.54) is 0 Å². The molecule has 1 aromatic heterocycles. The lowest BCUT2D eigenvalue weighted by molar-refractivity contribution is -0.383. The van der Waals surface area contributed by atoms with Crippen molar-refractivity contribution in [1.29, 1.82) is 0 Å². The minimum absolute atomic E-state index is 0.0787. The van der Waals surface area contributed by atoms with Crippen molar-refractivity contribution in [3.05, 3.63) is 10.1 Å². The van der Waals surface area contributed by atoms with Crippen LogP contribution in [0.2, 0.25) is 0 Å². The van der Waals surface area contributed by atoms with Crippen molar-refractivity contribution in [2.24, 2.45) is 0 Å². The third-order valence-corrected chi connectivity index (χ3v) is 3.97. The number of rotatable bonds is 5. The molecule has 8 nitrogen and oxygen atoms in total. The Morgan fingerprint density at radius 1 is 1.32 bits per heavy atom. The molecule has 1 saturated heterocycles. The first-order valence-corrected chi connectivity index (χ1v) is 7.86. The van der Waals surface area contributed by atoms with Crippen molar-refractivity contribution in [2.45, 2.75) is 52.0 Å². The van der Waals surface area contributed by atoms with Crippen LogP contribution >= 0.6 is 0 Å². The summed E-state index contributed by atoms with van der Waals surface area (Å²) in [5, 5.41) is 14.5. The second kappa shape index (κ2) is 7.24. The Balaban J connectivity index is 2.40. The van der Waals surface area contributed by atoms with E-state index in [-0.39, 0.29) is 17.5 Å². The average molecular weight is 308 g/mol. The van der Waals surface area contributed by atoms with Crippen molar-refractivity contribution < 1.29 is 4.92 Å². The lowest BCUT2D eigenvalue weighted by atomic mass is 10.2. The van der Waals surface area contributed by atoms with Crippen molar-refractivity contribution >= 4 is 23.3 Å². The molecule has 1 aliphatic heterocycles. The fraction of sp³-hybridized carbons (Fsp3) is 0.714. The molecule has 1 aromatic rings. The van der Waals surface area contributed by atoms with Gasteiger partial charge in [0.05, 0.1) is 4.92 Å². The minimum Gasteiger partial charge on any atom is -0.378 e. The molecule has 3 N–H and O–H groups in total. The standard InChI is InChI=1S/C14H24N6O2/c1-3-10(2)16-14-17-12(15)11(20(21)22)13(18-14)19-8-6-4-5-7-9-19/h10H,3-9H2,1-2H3,(H3,15,16,17,18)/t10-/m0/s1. The summed E-state index contributed by atoms with van der Waals surface area (Å²) in [5.41, 5.74) is 5.64. The van der Waals surface area contributed by atoms with Crippen LogP contribution in [0.15, 0.2) is 0 Å². The molecule has 122 valence electrons. The van der Waals surface area contributed by atoms with E-state index in [1.807, 2.05) is 18.7 Å². The van der Waals surface area contributed by atoms with E-state index < -0.39 is 4.92 Å². The molecule has 8 heteroatoms. The molecule has 1 aliphatic rings. The Kier molecular flexibility index (Phi) is 5.35. The van der Waals surface area contributed by atoms with E-state index in [1.54, 1.807) is 0 Å². The fourth-order valence-electron chi connectivity index (χ4n) is 2.52. The molecule has 0 aliphatic carbocycles. The van der Waals surface area contributed by atoms with E-state index in [0.29, 0.717) is 11.8 Å². The van der Waals surface area contributed by atoms with E-state index in [4.69, 9.17) is 5.73 Å². The van der Waals surface area contributed by atoms with Gasteiger partial charge in [-0.25, -0.2) is 0 Å². The molecule has 0 saturated carbocycles. The predicted molar refractivity (Wildman–Crippen MR) is 87.2 cm³/mol. The molecule has 1 atom stereocenters. The number of nitrogens with zero attached hydrogens (tertiary/aromatic N) is 4. The third kappa shape index (κ3) is 3.75. The highest BCUT2D eigenvalue weighted by Gasteiger charge is 2.28. The molecule has 22 heavy (non-hydrogen) atoms. The Morgan fingerprint density at radius 3 is 2.50 bits per heavy atom. The number of aromatic nitrogens is 2.